The van der Waals surface area contributed by atoms with Crippen LogP contribution in [0.3, 0.4) is 0 Å². The largest absolute Gasteiger partial charge is 0.478 e. The Labute approximate surface area is 114 Å². The minimum Gasteiger partial charge on any atom is -0.478 e. The Kier molecular flexibility index (Phi) is 3.55. The Morgan fingerprint density at radius 3 is 2.75 bits per heavy atom. The zero-order valence-electron chi connectivity index (χ0n) is 10.7. The van der Waals surface area contributed by atoms with E-state index in [1.54, 1.807) is 7.05 Å². The van der Waals surface area contributed by atoms with Gasteiger partial charge in [-0.2, -0.15) is 0 Å². The van der Waals surface area contributed by atoms with Gasteiger partial charge < -0.3 is 15.3 Å². The number of amides is 1. The third kappa shape index (κ3) is 2.53. The van der Waals surface area contributed by atoms with Crippen molar-refractivity contribution in [2.24, 2.45) is 0 Å². The first-order valence-electron chi connectivity index (χ1n) is 5.93. The van der Waals surface area contributed by atoms with Gasteiger partial charge in [0.15, 0.2) is 0 Å². The average Bonchev–Trinajstić information content (AvgIpc) is 2.70. The summed E-state index contributed by atoms with van der Waals surface area (Å²) in [6.45, 7) is 0.558. The molecule has 1 aromatic rings. The van der Waals surface area contributed by atoms with Gasteiger partial charge >= 0.3 is 5.97 Å². The average molecular weight is 279 g/mol. The smallest absolute Gasteiger partial charge is 0.335 e. The number of nitro groups is 1. The first-order chi connectivity index (χ1) is 9.40. The molecule has 1 heterocycles. The van der Waals surface area contributed by atoms with Crippen LogP contribution in [0.25, 0.3) is 0 Å². The van der Waals surface area contributed by atoms with Crippen molar-refractivity contribution in [1.82, 2.24) is 4.90 Å². The highest BCUT2D eigenvalue weighted by molar-refractivity contribution is 5.91. The van der Waals surface area contributed by atoms with Crippen LogP contribution in [-0.4, -0.2) is 46.4 Å². The number of likely N-dealkylation sites (tertiary alicyclic amines) is 1. The Morgan fingerprint density at radius 2 is 2.25 bits per heavy atom. The fourth-order valence-corrected chi connectivity index (χ4v) is 2.09. The van der Waals surface area contributed by atoms with E-state index in [4.69, 9.17) is 5.11 Å². The van der Waals surface area contributed by atoms with Gasteiger partial charge in [-0.05, 0) is 18.6 Å². The number of nitro benzene ring substituents is 1. The normalized spacial score (nSPS) is 18.1. The third-order valence-electron chi connectivity index (χ3n) is 3.20. The van der Waals surface area contributed by atoms with Crippen molar-refractivity contribution < 1.29 is 19.6 Å². The zero-order chi connectivity index (χ0) is 14.9. The van der Waals surface area contributed by atoms with Crippen LogP contribution in [0.5, 0.6) is 0 Å². The van der Waals surface area contributed by atoms with Gasteiger partial charge in [-0.1, -0.05) is 0 Å². The molecule has 1 aliphatic rings. The van der Waals surface area contributed by atoms with Crippen LogP contribution in [0, 0.1) is 10.1 Å². The second-order valence-corrected chi connectivity index (χ2v) is 4.54. The number of carbonyl (C=O) groups excluding carboxylic acids is 1. The number of likely N-dealkylation sites (N-methyl/N-ethyl adjacent to an activating group) is 1. The summed E-state index contributed by atoms with van der Waals surface area (Å²) < 4.78 is 0. The van der Waals surface area contributed by atoms with E-state index in [1.807, 2.05) is 0 Å². The van der Waals surface area contributed by atoms with Crippen molar-refractivity contribution in [2.75, 3.05) is 18.9 Å². The number of nitrogens with one attached hydrogen (secondary N) is 1. The van der Waals surface area contributed by atoms with Gasteiger partial charge in [0.2, 0.25) is 5.91 Å². The van der Waals surface area contributed by atoms with Gasteiger partial charge in [0.1, 0.15) is 11.7 Å². The lowest BCUT2D eigenvalue weighted by atomic mass is 10.1. The number of nitrogens with zero attached hydrogens (tertiary/aromatic N) is 2. The maximum Gasteiger partial charge on any atom is 0.335 e. The summed E-state index contributed by atoms with van der Waals surface area (Å²) >= 11 is 0. The summed E-state index contributed by atoms with van der Waals surface area (Å²) in [6.07, 6.45) is 0.518. The molecule has 0 aliphatic carbocycles. The fraction of sp³-hybridized carbons (Fsp3) is 0.333. The predicted molar refractivity (Wildman–Crippen MR) is 69.7 cm³/mol. The molecule has 1 aliphatic heterocycles. The molecule has 0 aromatic heterocycles. The van der Waals surface area contributed by atoms with Crippen LogP contribution in [0.4, 0.5) is 11.4 Å². The molecule has 1 atom stereocenters. The zero-order valence-corrected chi connectivity index (χ0v) is 10.7. The number of benzene rings is 1. The van der Waals surface area contributed by atoms with E-state index < -0.39 is 16.9 Å². The first kappa shape index (κ1) is 13.8. The molecule has 20 heavy (non-hydrogen) atoms. The molecule has 1 fully saturated rings. The second kappa shape index (κ2) is 5.16. The summed E-state index contributed by atoms with van der Waals surface area (Å²) in [4.78, 5) is 34.6. The van der Waals surface area contributed by atoms with E-state index in [-0.39, 0.29) is 22.8 Å². The van der Waals surface area contributed by atoms with Crippen molar-refractivity contribution in [3.05, 3.63) is 33.9 Å². The Bertz CT molecular complexity index is 586. The van der Waals surface area contributed by atoms with E-state index in [0.29, 0.717) is 13.0 Å². The van der Waals surface area contributed by atoms with E-state index >= 15 is 0 Å². The molecule has 2 rings (SSSR count). The van der Waals surface area contributed by atoms with Crippen LogP contribution in [0.1, 0.15) is 16.8 Å². The molecule has 1 amide bonds. The molecule has 0 bridgehead atoms. The quantitative estimate of drug-likeness (QED) is 0.626. The number of carboxylic acid groups (broad SMARTS) is 1. The Hall–Kier alpha value is -2.64. The molecular formula is C12H13N3O5. The molecule has 0 saturated carbocycles. The van der Waals surface area contributed by atoms with E-state index in [9.17, 15) is 19.7 Å². The number of anilines is 1. The maximum atomic E-state index is 11.8. The van der Waals surface area contributed by atoms with Gasteiger partial charge in [0.25, 0.3) is 5.69 Å². The van der Waals surface area contributed by atoms with Crippen LogP contribution in [0.15, 0.2) is 18.2 Å². The summed E-state index contributed by atoms with van der Waals surface area (Å²) in [7, 11) is 1.64. The minimum atomic E-state index is -1.18. The van der Waals surface area contributed by atoms with Crippen molar-refractivity contribution in [3.63, 3.8) is 0 Å². The number of rotatable bonds is 4. The van der Waals surface area contributed by atoms with E-state index in [2.05, 4.69) is 5.32 Å². The van der Waals surface area contributed by atoms with Crippen LogP contribution in [0.2, 0.25) is 0 Å². The molecular weight excluding hydrogens is 266 g/mol. The molecule has 8 nitrogen and oxygen atoms in total. The lowest BCUT2D eigenvalue weighted by molar-refractivity contribution is -0.384. The van der Waals surface area contributed by atoms with Crippen molar-refractivity contribution in [1.29, 1.82) is 0 Å². The fourth-order valence-electron chi connectivity index (χ4n) is 2.09. The van der Waals surface area contributed by atoms with Gasteiger partial charge in [-0.25, -0.2) is 4.79 Å². The van der Waals surface area contributed by atoms with Crippen LogP contribution < -0.4 is 5.32 Å². The van der Waals surface area contributed by atoms with Crippen molar-refractivity contribution >= 4 is 23.3 Å². The maximum absolute atomic E-state index is 11.8. The number of hydrogen-bond acceptors (Lipinski definition) is 5. The number of carbonyl (C=O) groups is 2. The van der Waals surface area contributed by atoms with Crippen molar-refractivity contribution in [2.45, 2.75) is 12.5 Å². The molecule has 1 saturated heterocycles. The predicted octanol–water partition coefficient (Wildman–Crippen LogP) is 0.936. The number of carboxylic acids is 1. The Morgan fingerprint density at radius 1 is 1.55 bits per heavy atom. The molecule has 0 spiro atoms. The highest BCUT2D eigenvalue weighted by Gasteiger charge is 2.30. The lowest BCUT2D eigenvalue weighted by Gasteiger charge is -2.14. The molecule has 8 heteroatoms. The number of aromatic carboxylic acids is 1. The third-order valence-corrected chi connectivity index (χ3v) is 3.20. The van der Waals surface area contributed by atoms with Crippen LogP contribution in [-0.2, 0) is 4.79 Å². The summed E-state index contributed by atoms with van der Waals surface area (Å²) in [6, 6.07) is 2.89. The van der Waals surface area contributed by atoms with Gasteiger partial charge in [-0.15, -0.1) is 0 Å². The van der Waals surface area contributed by atoms with E-state index in [1.165, 1.54) is 11.0 Å². The standard InChI is InChI=1S/C12H13N3O5/c1-14-5-4-8(11(14)16)13-9-6-7(12(17)18)2-3-10(9)15(19)20/h2-3,6,8,13H,4-5H2,1H3,(H,17,18). The SMILES string of the molecule is CN1CCC(Nc2cc(C(=O)O)ccc2[N+](=O)[O-])C1=O. The highest BCUT2D eigenvalue weighted by atomic mass is 16.6. The molecule has 0 radical (unpaired) electrons. The minimum absolute atomic E-state index is 0.0450. The summed E-state index contributed by atoms with van der Waals surface area (Å²) in [5.74, 6) is -1.35. The summed E-state index contributed by atoms with van der Waals surface area (Å²) in [5.41, 5.74) is -0.280. The number of hydrogen-bond donors (Lipinski definition) is 2. The monoisotopic (exact) mass is 279 g/mol. The van der Waals surface area contributed by atoms with Crippen LogP contribution >= 0.6 is 0 Å². The van der Waals surface area contributed by atoms with Gasteiger partial charge in [0.05, 0.1) is 10.5 Å². The summed E-state index contributed by atoms with van der Waals surface area (Å²) in [5, 5.41) is 22.6. The Balaban J connectivity index is 2.33. The first-order valence-corrected chi connectivity index (χ1v) is 5.93. The highest BCUT2D eigenvalue weighted by Crippen LogP contribution is 2.27. The second-order valence-electron chi connectivity index (χ2n) is 4.54. The van der Waals surface area contributed by atoms with Crippen molar-refractivity contribution in [3.8, 4) is 0 Å². The van der Waals surface area contributed by atoms with Gasteiger partial charge in [0, 0.05) is 19.7 Å². The van der Waals surface area contributed by atoms with E-state index in [0.717, 1.165) is 12.1 Å². The molecule has 1 unspecified atom stereocenters. The molecule has 1 aromatic carbocycles. The lowest BCUT2D eigenvalue weighted by Crippen LogP contribution is -2.31. The van der Waals surface area contributed by atoms with Gasteiger partial charge in [-0.3, -0.25) is 14.9 Å². The topological polar surface area (TPSA) is 113 Å². The molecule has 2 N–H and O–H groups in total. The molecule has 106 valence electrons.